The van der Waals surface area contributed by atoms with E-state index in [0.717, 1.165) is 44.9 Å². The Morgan fingerprint density at radius 3 is 1.53 bits per heavy atom. The van der Waals surface area contributed by atoms with Gasteiger partial charge in [-0.25, -0.2) is 0 Å². The van der Waals surface area contributed by atoms with Crippen LogP contribution in [0.3, 0.4) is 0 Å². The number of aliphatic hydroxyl groups is 8. The monoisotopic (exact) mass is 888 g/mol. The van der Waals surface area contributed by atoms with E-state index in [1.807, 2.05) is 6.08 Å². The Morgan fingerprint density at radius 2 is 1.02 bits per heavy atom. The Kier molecular flexibility index (Phi) is 32.6. The van der Waals surface area contributed by atoms with Crippen molar-refractivity contribution in [3.63, 3.8) is 0 Å². The molecule has 12 unspecified atom stereocenters. The Morgan fingerprint density at radius 1 is 0.565 bits per heavy atom. The Labute approximate surface area is 373 Å². The number of ether oxygens (including phenoxy) is 4. The highest BCUT2D eigenvalue weighted by molar-refractivity contribution is 5.76. The van der Waals surface area contributed by atoms with Gasteiger partial charge in [-0.2, -0.15) is 0 Å². The van der Waals surface area contributed by atoms with E-state index in [-0.39, 0.29) is 18.9 Å². The number of carbonyl (C=O) groups is 1. The van der Waals surface area contributed by atoms with E-state index in [0.29, 0.717) is 6.42 Å². The molecule has 0 aromatic rings. The number of aliphatic hydroxyl groups excluding tert-OH is 8. The summed E-state index contributed by atoms with van der Waals surface area (Å²) in [6.45, 7) is 2.74. The first-order chi connectivity index (χ1) is 30.1. The van der Waals surface area contributed by atoms with Gasteiger partial charge in [-0.1, -0.05) is 154 Å². The van der Waals surface area contributed by atoms with Gasteiger partial charge in [0.1, 0.15) is 48.8 Å². The second-order valence-corrected chi connectivity index (χ2v) is 17.6. The van der Waals surface area contributed by atoms with Gasteiger partial charge in [0.05, 0.1) is 32.0 Å². The maximum atomic E-state index is 13.1. The second kappa shape index (κ2) is 35.7. The number of hydrogen-bond donors (Lipinski definition) is 9. The lowest BCUT2D eigenvalue weighted by Crippen LogP contribution is -2.65. The molecule has 2 saturated heterocycles. The van der Waals surface area contributed by atoms with Crippen LogP contribution >= 0.6 is 0 Å². The zero-order valence-corrected chi connectivity index (χ0v) is 38.4. The lowest BCUT2D eigenvalue weighted by Gasteiger charge is -2.46. The molecule has 0 saturated carbocycles. The van der Waals surface area contributed by atoms with Gasteiger partial charge in [0.15, 0.2) is 12.6 Å². The summed E-state index contributed by atoms with van der Waals surface area (Å²) in [4.78, 5) is 13.1. The van der Waals surface area contributed by atoms with E-state index in [1.54, 1.807) is 6.08 Å². The molecule has 14 heteroatoms. The van der Waals surface area contributed by atoms with Gasteiger partial charge in [0.25, 0.3) is 0 Å². The first kappa shape index (κ1) is 56.6. The fraction of sp³-hybridized carbons (Fsp3) is 0.896. The van der Waals surface area contributed by atoms with Gasteiger partial charge in [-0.3, -0.25) is 4.79 Å². The fourth-order valence-electron chi connectivity index (χ4n) is 8.05. The topological polar surface area (TPSA) is 228 Å². The van der Waals surface area contributed by atoms with Gasteiger partial charge in [0.2, 0.25) is 5.91 Å². The van der Waals surface area contributed by atoms with Crippen molar-refractivity contribution in [2.24, 2.45) is 0 Å². The predicted octanol–water partition coefficient (Wildman–Crippen LogP) is 5.77. The number of rotatable bonds is 37. The molecule has 2 aliphatic rings. The summed E-state index contributed by atoms with van der Waals surface area (Å²) in [7, 11) is 0. The number of unbranched alkanes of at least 4 members (excludes halogenated alkanes) is 22. The van der Waals surface area contributed by atoms with Gasteiger partial charge < -0.3 is 65.1 Å². The summed E-state index contributed by atoms with van der Waals surface area (Å²) in [6, 6.07) is -0.912. The maximum absolute atomic E-state index is 13.1. The SMILES string of the molecule is CCCCCCCCC/C=C\CCCCCCCCCC(=O)NC(COC1OC(CO)C(OC2OC(CO)C(O)C(O)C2O)C(O)C1O)C(O)/C=C/CCCCCCCCCC. The van der Waals surface area contributed by atoms with Crippen LogP contribution in [0.5, 0.6) is 0 Å². The summed E-state index contributed by atoms with van der Waals surface area (Å²) >= 11 is 0. The minimum atomic E-state index is -1.79. The van der Waals surface area contributed by atoms with Crippen LogP contribution in [0.4, 0.5) is 0 Å². The highest BCUT2D eigenvalue weighted by Crippen LogP contribution is 2.30. The molecule has 0 aromatic carbocycles. The van der Waals surface area contributed by atoms with Gasteiger partial charge in [-0.05, 0) is 44.9 Å². The summed E-state index contributed by atoms with van der Waals surface area (Å²) in [5.74, 6) is -0.247. The summed E-state index contributed by atoms with van der Waals surface area (Å²) in [5.41, 5.74) is 0. The molecule has 0 bridgehead atoms. The normalized spacial score (nSPS) is 27.9. The molecule has 9 N–H and O–H groups in total. The van der Waals surface area contributed by atoms with Gasteiger partial charge in [-0.15, -0.1) is 0 Å². The van der Waals surface area contributed by atoms with Crippen molar-refractivity contribution >= 4 is 5.91 Å². The molecule has 2 aliphatic heterocycles. The zero-order valence-electron chi connectivity index (χ0n) is 38.4. The van der Waals surface area contributed by atoms with Crippen molar-refractivity contribution in [2.75, 3.05) is 19.8 Å². The van der Waals surface area contributed by atoms with Crippen molar-refractivity contribution in [3.05, 3.63) is 24.3 Å². The smallest absolute Gasteiger partial charge is 0.220 e. The van der Waals surface area contributed by atoms with Crippen LogP contribution in [0.25, 0.3) is 0 Å². The number of amides is 1. The van der Waals surface area contributed by atoms with E-state index in [2.05, 4.69) is 31.3 Å². The van der Waals surface area contributed by atoms with Crippen molar-refractivity contribution < 1.29 is 64.6 Å². The Bertz CT molecular complexity index is 1140. The third kappa shape index (κ3) is 23.1. The molecule has 0 radical (unpaired) electrons. The minimum Gasteiger partial charge on any atom is -0.394 e. The Balaban J connectivity index is 1.83. The molecule has 2 fully saturated rings. The number of carbonyl (C=O) groups excluding carboxylic acids is 1. The maximum Gasteiger partial charge on any atom is 0.220 e. The van der Waals surface area contributed by atoms with E-state index in [9.17, 15) is 45.6 Å². The molecular formula is C48H89NO13. The average molecular weight is 888 g/mol. The highest BCUT2D eigenvalue weighted by Gasteiger charge is 2.51. The highest BCUT2D eigenvalue weighted by atomic mass is 16.7. The molecule has 0 aromatic heterocycles. The third-order valence-electron chi connectivity index (χ3n) is 12.1. The third-order valence-corrected chi connectivity index (χ3v) is 12.1. The van der Waals surface area contributed by atoms with E-state index >= 15 is 0 Å². The number of allylic oxidation sites excluding steroid dienone is 3. The van der Waals surface area contributed by atoms with Crippen LogP contribution in [0, 0.1) is 0 Å². The molecule has 14 nitrogen and oxygen atoms in total. The van der Waals surface area contributed by atoms with Crippen molar-refractivity contribution in [3.8, 4) is 0 Å². The average Bonchev–Trinajstić information content (AvgIpc) is 3.27. The molecule has 0 aliphatic carbocycles. The van der Waals surface area contributed by atoms with Crippen LogP contribution < -0.4 is 5.32 Å². The molecule has 2 heterocycles. The van der Waals surface area contributed by atoms with Crippen LogP contribution in [0.2, 0.25) is 0 Å². The van der Waals surface area contributed by atoms with Crippen LogP contribution in [-0.2, 0) is 23.7 Å². The molecular weight excluding hydrogens is 799 g/mol. The summed E-state index contributed by atoms with van der Waals surface area (Å²) in [6.07, 6.45) is 20.8. The van der Waals surface area contributed by atoms with Crippen LogP contribution in [-0.4, -0.2) is 140 Å². The van der Waals surface area contributed by atoms with Gasteiger partial charge >= 0.3 is 0 Å². The largest absolute Gasteiger partial charge is 0.394 e. The van der Waals surface area contributed by atoms with Crippen LogP contribution in [0.15, 0.2) is 24.3 Å². The van der Waals surface area contributed by atoms with E-state index < -0.39 is 86.8 Å². The Hall–Kier alpha value is -1.53. The number of nitrogens with one attached hydrogen (secondary N) is 1. The van der Waals surface area contributed by atoms with Gasteiger partial charge in [0, 0.05) is 6.42 Å². The molecule has 1 amide bonds. The summed E-state index contributed by atoms with van der Waals surface area (Å²) < 4.78 is 22.6. The van der Waals surface area contributed by atoms with E-state index in [4.69, 9.17) is 18.9 Å². The van der Waals surface area contributed by atoms with Crippen molar-refractivity contribution in [2.45, 2.75) is 254 Å². The molecule has 0 spiro atoms. The predicted molar refractivity (Wildman–Crippen MR) is 240 cm³/mol. The summed E-state index contributed by atoms with van der Waals surface area (Å²) in [5, 5.41) is 86.5. The quantitative estimate of drug-likeness (QED) is 0.0267. The lowest BCUT2D eigenvalue weighted by atomic mass is 9.97. The standard InChI is InChI=1S/C48H89NO13/c1-3-5-7-9-11-13-15-16-17-18-19-20-21-22-24-26-28-30-32-40(53)49-36(37(52)31-29-27-25-23-14-12-10-8-6-4-2)35-59-47-45(58)43(56)46(39(34-51)61-47)62-48-44(57)42(55)41(54)38(33-50)60-48/h17-18,29,31,36-39,41-48,50-52,54-58H,3-16,19-28,30,32-35H2,1-2H3,(H,49,53)/b18-17-,31-29+. The van der Waals surface area contributed by atoms with Crippen LogP contribution in [0.1, 0.15) is 181 Å². The second-order valence-electron chi connectivity index (χ2n) is 17.6. The molecule has 364 valence electrons. The number of hydrogen-bond acceptors (Lipinski definition) is 13. The minimum absolute atomic E-state index is 0.247. The van der Waals surface area contributed by atoms with E-state index in [1.165, 1.54) is 109 Å². The first-order valence-electron chi connectivity index (χ1n) is 24.6. The lowest BCUT2D eigenvalue weighted by molar-refractivity contribution is -0.359. The molecule has 62 heavy (non-hydrogen) atoms. The van der Waals surface area contributed by atoms with Crippen molar-refractivity contribution in [1.82, 2.24) is 5.32 Å². The zero-order chi connectivity index (χ0) is 45.4. The molecule has 12 atom stereocenters. The molecule has 2 rings (SSSR count). The van der Waals surface area contributed by atoms with Crippen molar-refractivity contribution in [1.29, 1.82) is 0 Å². The first-order valence-corrected chi connectivity index (χ1v) is 24.6. The fourth-order valence-corrected chi connectivity index (χ4v) is 8.05.